The van der Waals surface area contributed by atoms with Crippen LogP contribution in [0.4, 0.5) is 0 Å². The number of hydrogen-bond donors (Lipinski definition) is 2. The van der Waals surface area contributed by atoms with Crippen LogP contribution >= 0.6 is 22.6 Å². The second-order valence-corrected chi connectivity index (χ2v) is 6.72. The van der Waals surface area contributed by atoms with Gasteiger partial charge in [0.25, 0.3) is 5.91 Å². The Morgan fingerprint density at radius 3 is 2.63 bits per heavy atom. The van der Waals surface area contributed by atoms with Gasteiger partial charge in [0, 0.05) is 3.57 Å². The minimum atomic E-state index is -0.428. The predicted octanol–water partition coefficient (Wildman–Crippen LogP) is 2.96. The van der Waals surface area contributed by atoms with Crippen LogP contribution in [-0.4, -0.2) is 23.2 Å². The van der Waals surface area contributed by atoms with E-state index in [1.54, 1.807) is 0 Å². The lowest BCUT2D eigenvalue weighted by atomic mass is 9.77. The molecule has 0 saturated heterocycles. The molecule has 0 radical (unpaired) electrons. The van der Waals surface area contributed by atoms with Crippen molar-refractivity contribution >= 4 is 28.5 Å². The van der Waals surface area contributed by atoms with Crippen LogP contribution in [0.3, 0.4) is 0 Å². The summed E-state index contributed by atoms with van der Waals surface area (Å²) in [5.74, 6) is 0.613. The number of hydrogen-bond acceptors (Lipinski definition) is 2. The number of carbonyl (C=O) groups excluding carboxylic acids is 1. The Kier molecular flexibility index (Phi) is 4.84. The Hall–Kier alpha value is -0.620. The molecule has 104 valence electrons. The van der Waals surface area contributed by atoms with Crippen molar-refractivity contribution in [3.63, 3.8) is 0 Å². The van der Waals surface area contributed by atoms with E-state index in [-0.39, 0.29) is 12.5 Å². The Bertz CT molecular complexity index is 453. The smallest absolute Gasteiger partial charge is 0.252 e. The van der Waals surface area contributed by atoms with E-state index in [9.17, 15) is 9.90 Å². The summed E-state index contributed by atoms with van der Waals surface area (Å²) in [6.07, 6.45) is 3.85. The summed E-state index contributed by atoms with van der Waals surface area (Å²) < 4.78 is 0.940. The molecule has 0 unspecified atom stereocenters. The molecule has 0 aliphatic heterocycles. The lowest BCUT2D eigenvalue weighted by Crippen LogP contribution is -2.53. The third-order valence-corrected chi connectivity index (χ3v) is 4.97. The van der Waals surface area contributed by atoms with Gasteiger partial charge in [-0.15, -0.1) is 0 Å². The first kappa shape index (κ1) is 14.8. The summed E-state index contributed by atoms with van der Waals surface area (Å²) in [5, 5.41) is 12.7. The number of benzene rings is 1. The first-order valence-corrected chi connectivity index (χ1v) is 7.82. The van der Waals surface area contributed by atoms with Crippen LogP contribution in [0.1, 0.15) is 43.0 Å². The SMILES string of the molecule is CC1CCC(CO)(NC(=O)c2ccccc2I)CC1. The van der Waals surface area contributed by atoms with Crippen molar-refractivity contribution in [1.82, 2.24) is 5.32 Å². The van der Waals surface area contributed by atoms with E-state index >= 15 is 0 Å². The molecular weight excluding hydrogens is 353 g/mol. The molecule has 19 heavy (non-hydrogen) atoms. The van der Waals surface area contributed by atoms with Crippen molar-refractivity contribution in [3.8, 4) is 0 Å². The predicted molar refractivity (Wildman–Crippen MR) is 84.1 cm³/mol. The number of halogens is 1. The fourth-order valence-corrected chi connectivity index (χ4v) is 3.22. The highest BCUT2D eigenvalue weighted by atomic mass is 127. The van der Waals surface area contributed by atoms with Crippen molar-refractivity contribution in [1.29, 1.82) is 0 Å². The largest absolute Gasteiger partial charge is 0.394 e. The second kappa shape index (κ2) is 6.22. The van der Waals surface area contributed by atoms with Crippen LogP contribution in [0.5, 0.6) is 0 Å². The van der Waals surface area contributed by atoms with Crippen LogP contribution in [0, 0.1) is 9.49 Å². The van der Waals surface area contributed by atoms with Gasteiger partial charge in [0.2, 0.25) is 0 Å². The van der Waals surface area contributed by atoms with Gasteiger partial charge >= 0.3 is 0 Å². The fourth-order valence-electron chi connectivity index (χ4n) is 2.59. The minimum Gasteiger partial charge on any atom is -0.394 e. The third-order valence-electron chi connectivity index (χ3n) is 4.03. The molecule has 4 heteroatoms. The summed E-state index contributed by atoms with van der Waals surface area (Å²) in [6.45, 7) is 2.25. The maximum atomic E-state index is 12.4. The molecule has 0 bridgehead atoms. The number of nitrogens with one attached hydrogen (secondary N) is 1. The van der Waals surface area contributed by atoms with Gasteiger partial charge in [-0.25, -0.2) is 0 Å². The van der Waals surface area contributed by atoms with Gasteiger partial charge in [0.1, 0.15) is 0 Å². The van der Waals surface area contributed by atoms with Crippen LogP contribution in [0.25, 0.3) is 0 Å². The molecule has 1 aromatic rings. The third kappa shape index (κ3) is 3.48. The molecule has 2 rings (SSSR count). The molecular formula is C15H20INO2. The average molecular weight is 373 g/mol. The van der Waals surface area contributed by atoms with E-state index in [4.69, 9.17) is 0 Å². The molecule has 1 aliphatic rings. The Labute approximate surface area is 127 Å². The molecule has 1 aromatic carbocycles. The molecule has 1 aliphatic carbocycles. The van der Waals surface area contributed by atoms with E-state index in [1.165, 1.54) is 0 Å². The zero-order valence-corrected chi connectivity index (χ0v) is 13.3. The van der Waals surface area contributed by atoms with E-state index in [0.29, 0.717) is 11.5 Å². The van der Waals surface area contributed by atoms with Gasteiger partial charge < -0.3 is 10.4 Å². The Morgan fingerprint density at radius 1 is 1.42 bits per heavy atom. The molecule has 1 amide bonds. The molecule has 0 spiro atoms. The highest BCUT2D eigenvalue weighted by Crippen LogP contribution is 2.32. The molecule has 0 heterocycles. The molecule has 3 nitrogen and oxygen atoms in total. The van der Waals surface area contributed by atoms with Gasteiger partial charge in [-0.05, 0) is 66.3 Å². The van der Waals surface area contributed by atoms with Crippen molar-refractivity contribution in [3.05, 3.63) is 33.4 Å². The van der Waals surface area contributed by atoms with Gasteiger partial charge in [-0.1, -0.05) is 19.1 Å². The van der Waals surface area contributed by atoms with Gasteiger partial charge in [0.15, 0.2) is 0 Å². The van der Waals surface area contributed by atoms with Crippen molar-refractivity contribution in [2.24, 2.45) is 5.92 Å². The van der Waals surface area contributed by atoms with Crippen molar-refractivity contribution < 1.29 is 9.90 Å². The minimum absolute atomic E-state index is 0.0227. The quantitative estimate of drug-likeness (QED) is 0.801. The number of carbonyl (C=O) groups is 1. The zero-order chi connectivity index (χ0) is 13.9. The molecule has 1 fully saturated rings. The second-order valence-electron chi connectivity index (χ2n) is 5.55. The van der Waals surface area contributed by atoms with E-state index in [2.05, 4.69) is 34.8 Å². The summed E-state index contributed by atoms with van der Waals surface area (Å²) in [4.78, 5) is 12.4. The Balaban J connectivity index is 2.11. The number of amides is 1. The summed E-state index contributed by atoms with van der Waals surface area (Å²) in [6, 6.07) is 7.53. The standard InChI is InChI=1S/C15H20INO2/c1-11-6-8-15(10-18,9-7-11)17-14(19)12-4-2-3-5-13(12)16/h2-5,11,18H,6-10H2,1H3,(H,17,19). The molecule has 0 aromatic heterocycles. The number of rotatable bonds is 3. The first-order valence-electron chi connectivity index (χ1n) is 6.74. The summed E-state index contributed by atoms with van der Waals surface area (Å²) in [5.41, 5.74) is 0.261. The maximum Gasteiger partial charge on any atom is 0.252 e. The summed E-state index contributed by atoms with van der Waals surface area (Å²) >= 11 is 2.17. The van der Waals surface area contributed by atoms with Crippen LogP contribution < -0.4 is 5.32 Å². The molecule has 2 N–H and O–H groups in total. The lowest BCUT2D eigenvalue weighted by Gasteiger charge is -2.38. The summed E-state index contributed by atoms with van der Waals surface area (Å²) in [7, 11) is 0. The fraction of sp³-hybridized carbons (Fsp3) is 0.533. The van der Waals surface area contributed by atoms with Crippen molar-refractivity contribution in [2.45, 2.75) is 38.1 Å². The highest BCUT2D eigenvalue weighted by Gasteiger charge is 2.35. The topological polar surface area (TPSA) is 49.3 Å². The number of aliphatic hydroxyl groups excluding tert-OH is 1. The van der Waals surface area contributed by atoms with Gasteiger partial charge in [-0.2, -0.15) is 0 Å². The number of aliphatic hydroxyl groups is 1. The maximum absolute atomic E-state index is 12.4. The van der Waals surface area contributed by atoms with Gasteiger partial charge in [0.05, 0.1) is 17.7 Å². The van der Waals surface area contributed by atoms with E-state index < -0.39 is 5.54 Å². The van der Waals surface area contributed by atoms with Crippen LogP contribution in [-0.2, 0) is 0 Å². The van der Waals surface area contributed by atoms with Gasteiger partial charge in [-0.3, -0.25) is 4.79 Å². The normalized spacial score (nSPS) is 27.0. The first-order chi connectivity index (χ1) is 9.06. The lowest BCUT2D eigenvalue weighted by molar-refractivity contribution is 0.0716. The zero-order valence-electron chi connectivity index (χ0n) is 11.2. The highest BCUT2D eigenvalue weighted by molar-refractivity contribution is 14.1. The van der Waals surface area contributed by atoms with E-state index in [0.717, 1.165) is 29.3 Å². The van der Waals surface area contributed by atoms with Crippen LogP contribution in [0.15, 0.2) is 24.3 Å². The monoisotopic (exact) mass is 373 g/mol. The molecule has 0 atom stereocenters. The van der Waals surface area contributed by atoms with E-state index in [1.807, 2.05) is 24.3 Å². The van der Waals surface area contributed by atoms with Crippen LogP contribution in [0.2, 0.25) is 0 Å². The average Bonchev–Trinajstić information content (AvgIpc) is 2.42. The molecule has 1 saturated carbocycles. The van der Waals surface area contributed by atoms with Crippen molar-refractivity contribution in [2.75, 3.05) is 6.61 Å². The Morgan fingerprint density at radius 2 is 2.05 bits per heavy atom.